The van der Waals surface area contributed by atoms with Crippen LogP contribution in [0.3, 0.4) is 0 Å². The van der Waals surface area contributed by atoms with E-state index in [2.05, 4.69) is 50.3 Å². The lowest BCUT2D eigenvalue weighted by atomic mass is 10.4. The second kappa shape index (κ2) is 11.0. The van der Waals surface area contributed by atoms with Gasteiger partial charge in [0.1, 0.15) is 0 Å². The zero-order chi connectivity index (χ0) is 17.1. The SMILES string of the molecule is CN=C(NCCCn1nc(C)cc1C)NCCN(C)CCOC. The lowest BCUT2D eigenvalue weighted by Gasteiger charge is -2.17. The van der Waals surface area contributed by atoms with Crippen LogP contribution in [0.4, 0.5) is 0 Å². The Morgan fingerprint density at radius 3 is 2.65 bits per heavy atom. The quantitative estimate of drug-likeness (QED) is 0.375. The van der Waals surface area contributed by atoms with Gasteiger partial charge in [-0.2, -0.15) is 5.10 Å². The zero-order valence-electron chi connectivity index (χ0n) is 15.2. The molecule has 132 valence electrons. The van der Waals surface area contributed by atoms with Crippen LogP contribution >= 0.6 is 0 Å². The van der Waals surface area contributed by atoms with Crippen molar-refractivity contribution in [2.75, 3.05) is 54.0 Å². The zero-order valence-corrected chi connectivity index (χ0v) is 15.2. The fourth-order valence-electron chi connectivity index (χ4n) is 2.28. The molecule has 0 fully saturated rings. The summed E-state index contributed by atoms with van der Waals surface area (Å²) in [5, 5.41) is 11.1. The van der Waals surface area contributed by atoms with Gasteiger partial charge in [0.05, 0.1) is 12.3 Å². The Hall–Kier alpha value is -1.60. The third-order valence-electron chi connectivity index (χ3n) is 3.63. The van der Waals surface area contributed by atoms with Crippen LogP contribution in [0.2, 0.25) is 0 Å². The predicted octanol–water partition coefficient (Wildman–Crippen LogP) is 0.633. The van der Waals surface area contributed by atoms with E-state index in [1.165, 1.54) is 5.69 Å². The fraction of sp³-hybridized carbons (Fsp3) is 0.750. The van der Waals surface area contributed by atoms with Crippen molar-refractivity contribution in [2.45, 2.75) is 26.8 Å². The smallest absolute Gasteiger partial charge is 0.191 e. The molecular weight excluding hydrogens is 292 g/mol. The summed E-state index contributed by atoms with van der Waals surface area (Å²) in [5.41, 5.74) is 2.29. The van der Waals surface area contributed by atoms with Crippen LogP contribution in [-0.2, 0) is 11.3 Å². The van der Waals surface area contributed by atoms with Gasteiger partial charge in [-0.25, -0.2) is 0 Å². The van der Waals surface area contributed by atoms with Crippen LogP contribution in [0.1, 0.15) is 17.8 Å². The van der Waals surface area contributed by atoms with Crippen molar-refractivity contribution in [3.05, 3.63) is 17.5 Å². The third-order valence-corrected chi connectivity index (χ3v) is 3.63. The van der Waals surface area contributed by atoms with E-state index in [1.807, 2.05) is 6.92 Å². The standard InChI is InChI=1S/C16H32N6O/c1-14-13-15(2)22(20-14)9-6-7-18-16(17-3)19-8-10-21(4)11-12-23-5/h13H,6-12H2,1-5H3,(H2,17,18,19). The number of aliphatic imine (C=N–C) groups is 1. The molecular formula is C16H32N6O. The van der Waals surface area contributed by atoms with Crippen molar-refractivity contribution in [1.29, 1.82) is 0 Å². The molecule has 1 aromatic rings. The summed E-state index contributed by atoms with van der Waals surface area (Å²) in [6.07, 6.45) is 1.01. The number of nitrogens with one attached hydrogen (secondary N) is 2. The third kappa shape index (κ3) is 7.99. The Labute approximate surface area is 140 Å². The molecule has 2 N–H and O–H groups in total. The molecule has 23 heavy (non-hydrogen) atoms. The lowest BCUT2D eigenvalue weighted by molar-refractivity contribution is 0.162. The molecule has 0 aliphatic carbocycles. The first-order chi connectivity index (χ1) is 11.1. The molecule has 0 radical (unpaired) electrons. The van der Waals surface area contributed by atoms with Crippen LogP contribution < -0.4 is 10.6 Å². The summed E-state index contributed by atoms with van der Waals surface area (Å²) in [6.45, 7) is 9.42. The summed E-state index contributed by atoms with van der Waals surface area (Å²) >= 11 is 0. The topological polar surface area (TPSA) is 66.7 Å². The minimum Gasteiger partial charge on any atom is -0.383 e. The van der Waals surface area contributed by atoms with E-state index < -0.39 is 0 Å². The number of rotatable bonds is 10. The van der Waals surface area contributed by atoms with Gasteiger partial charge in [-0.3, -0.25) is 9.67 Å². The molecule has 0 bridgehead atoms. The monoisotopic (exact) mass is 324 g/mol. The van der Waals surface area contributed by atoms with E-state index in [-0.39, 0.29) is 0 Å². The van der Waals surface area contributed by atoms with Crippen LogP contribution in [0, 0.1) is 13.8 Å². The number of guanidine groups is 1. The first kappa shape index (κ1) is 19.4. The van der Waals surface area contributed by atoms with E-state index in [1.54, 1.807) is 14.2 Å². The predicted molar refractivity (Wildman–Crippen MR) is 95.1 cm³/mol. The molecule has 0 saturated heterocycles. The van der Waals surface area contributed by atoms with Gasteiger partial charge < -0.3 is 20.3 Å². The largest absolute Gasteiger partial charge is 0.383 e. The Morgan fingerprint density at radius 1 is 1.30 bits per heavy atom. The van der Waals surface area contributed by atoms with Crippen LogP contribution in [0.15, 0.2) is 11.1 Å². The summed E-state index contributed by atoms with van der Waals surface area (Å²) in [7, 11) is 5.61. The van der Waals surface area contributed by atoms with Crippen molar-refractivity contribution >= 4 is 5.96 Å². The van der Waals surface area contributed by atoms with Gasteiger partial charge in [0.15, 0.2) is 5.96 Å². The number of aryl methyl sites for hydroxylation is 3. The highest BCUT2D eigenvalue weighted by molar-refractivity contribution is 5.79. The number of methoxy groups -OCH3 is 1. The van der Waals surface area contributed by atoms with E-state index in [9.17, 15) is 0 Å². The molecule has 0 saturated carbocycles. The molecule has 1 heterocycles. The lowest BCUT2D eigenvalue weighted by Crippen LogP contribution is -2.41. The van der Waals surface area contributed by atoms with Crippen molar-refractivity contribution in [2.24, 2.45) is 4.99 Å². The van der Waals surface area contributed by atoms with Gasteiger partial charge >= 0.3 is 0 Å². The molecule has 0 atom stereocenters. The van der Waals surface area contributed by atoms with E-state index in [0.717, 1.165) is 57.4 Å². The maximum Gasteiger partial charge on any atom is 0.191 e. The Kier molecular flexibility index (Phi) is 9.31. The van der Waals surface area contributed by atoms with Crippen LogP contribution in [-0.4, -0.2) is 74.6 Å². The van der Waals surface area contributed by atoms with E-state index in [4.69, 9.17) is 4.74 Å². The van der Waals surface area contributed by atoms with Gasteiger partial charge in [0.25, 0.3) is 0 Å². The van der Waals surface area contributed by atoms with Crippen LogP contribution in [0.25, 0.3) is 0 Å². The second-order valence-corrected chi connectivity index (χ2v) is 5.73. The summed E-state index contributed by atoms with van der Waals surface area (Å²) in [5.74, 6) is 0.846. The number of nitrogens with zero attached hydrogens (tertiary/aromatic N) is 4. The Balaban J connectivity index is 2.15. The molecule has 0 spiro atoms. The highest BCUT2D eigenvalue weighted by Crippen LogP contribution is 2.02. The van der Waals surface area contributed by atoms with E-state index in [0.29, 0.717) is 0 Å². The van der Waals surface area contributed by atoms with Crippen molar-refractivity contribution in [1.82, 2.24) is 25.3 Å². The molecule has 0 amide bonds. The van der Waals surface area contributed by atoms with Crippen molar-refractivity contribution in [3.63, 3.8) is 0 Å². The maximum absolute atomic E-state index is 5.07. The minimum atomic E-state index is 0.760. The fourth-order valence-corrected chi connectivity index (χ4v) is 2.28. The van der Waals surface area contributed by atoms with Crippen LogP contribution in [0.5, 0.6) is 0 Å². The molecule has 0 aliphatic rings. The second-order valence-electron chi connectivity index (χ2n) is 5.73. The molecule has 0 aromatic carbocycles. The number of aromatic nitrogens is 2. The Bertz CT molecular complexity index is 471. The van der Waals surface area contributed by atoms with Gasteiger partial charge in [-0.1, -0.05) is 0 Å². The van der Waals surface area contributed by atoms with Crippen molar-refractivity contribution in [3.8, 4) is 0 Å². The summed E-state index contributed by atoms with van der Waals surface area (Å²) < 4.78 is 7.12. The Morgan fingerprint density at radius 2 is 2.04 bits per heavy atom. The minimum absolute atomic E-state index is 0.760. The van der Waals surface area contributed by atoms with Gasteiger partial charge in [-0.15, -0.1) is 0 Å². The van der Waals surface area contributed by atoms with Gasteiger partial charge in [0, 0.05) is 52.6 Å². The van der Waals surface area contributed by atoms with Crippen molar-refractivity contribution < 1.29 is 4.74 Å². The normalized spacial score (nSPS) is 12.0. The molecule has 1 aromatic heterocycles. The number of ether oxygens (including phenoxy) is 1. The summed E-state index contributed by atoms with van der Waals surface area (Å²) in [6, 6.07) is 2.11. The summed E-state index contributed by atoms with van der Waals surface area (Å²) in [4.78, 5) is 6.47. The number of hydrogen-bond donors (Lipinski definition) is 2. The molecule has 7 nitrogen and oxygen atoms in total. The molecule has 0 aliphatic heterocycles. The molecule has 7 heteroatoms. The van der Waals surface area contributed by atoms with Gasteiger partial charge in [-0.05, 0) is 33.4 Å². The molecule has 1 rings (SSSR count). The highest BCUT2D eigenvalue weighted by Gasteiger charge is 2.02. The number of likely N-dealkylation sites (N-methyl/N-ethyl adjacent to an activating group) is 1. The first-order valence-corrected chi connectivity index (χ1v) is 8.20. The maximum atomic E-state index is 5.07. The first-order valence-electron chi connectivity index (χ1n) is 8.20. The average Bonchev–Trinajstić information content (AvgIpc) is 2.85. The van der Waals surface area contributed by atoms with E-state index >= 15 is 0 Å². The number of hydrogen-bond acceptors (Lipinski definition) is 4. The van der Waals surface area contributed by atoms with Gasteiger partial charge in [0.2, 0.25) is 0 Å². The highest BCUT2D eigenvalue weighted by atomic mass is 16.5. The average molecular weight is 324 g/mol. The molecule has 0 unspecified atom stereocenters.